The molecule has 4 rings (SSSR count). The first-order chi connectivity index (χ1) is 13.7. The minimum atomic E-state index is -0.352. The number of pyridine rings is 1. The quantitative estimate of drug-likeness (QED) is 0.698. The van der Waals surface area contributed by atoms with Gasteiger partial charge in [0.2, 0.25) is 0 Å². The zero-order valence-corrected chi connectivity index (χ0v) is 17.4. The van der Waals surface area contributed by atoms with Gasteiger partial charge in [-0.3, -0.25) is 4.98 Å². The van der Waals surface area contributed by atoms with Gasteiger partial charge in [0.25, 0.3) is 0 Å². The summed E-state index contributed by atoms with van der Waals surface area (Å²) in [5.74, 6) is 1.44. The van der Waals surface area contributed by atoms with Crippen molar-refractivity contribution in [2.45, 2.75) is 31.7 Å². The van der Waals surface area contributed by atoms with Gasteiger partial charge in [0.1, 0.15) is 11.3 Å². The number of aromatic nitrogens is 1. The van der Waals surface area contributed by atoms with Crippen molar-refractivity contribution in [1.29, 1.82) is 0 Å². The maximum absolute atomic E-state index is 6.18. The fraction of sp³-hybridized carbons (Fsp3) is 0.435. The van der Waals surface area contributed by atoms with Crippen LogP contribution in [0.25, 0.3) is 10.9 Å². The summed E-state index contributed by atoms with van der Waals surface area (Å²) in [6.07, 6.45) is 11.9. The molecule has 1 fully saturated rings. The zero-order valence-electron chi connectivity index (χ0n) is 16.6. The summed E-state index contributed by atoms with van der Waals surface area (Å²) in [6.45, 7) is 5.56. The maximum Gasteiger partial charge on any atom is 0.122 e. The lowest BCUT2D eigenvalue weighted by molar-refractivity contribution is 0.128. The van der Waals surface area contributed by atoms with E-state index in [0.29, 0.717) is 10.9 Å². The first-order valence-electron chi connectivity index (χ1n) is 10.1. The van der Waals surface area contributed by atoms with Crippen molar-refractivity contribution in [3.63, 3.8) is 0 Å². The van der Waals surface area contributed by atoms with Gasteiger partial charge in [-0.2, -0.15) is 0 Å². The molecular formula is C23H28ClN3O. The van der Waals surface area contributed by atoms with Crippen LogP contribution in [0.1, 0.15) is 26.2 Å². The van der Waals surface area contributed by atoms with Crippen LogP contribution >= 0.6 is 11.6 Å². The van der Waals surface area contributed by atoms with E-state index in [1.165, 1.54) is 19.4 Å². The van der Waals surface area contributed by atoms with E-state index in [1.807, 2.05) is 30.5 Å². The number of likely N-dealkylation sites (tertiary alicyclic amines) is 1. The smallest absolute Gasteiger partial charge is 0.122 e. The molecule has 0 amide bonds. The number of anilines is 1. The summed E-state index contributed by atoms with van der Waals surface area (Å²) in [5, 5.41) is 5.66. The third kappa shape index (κ3) is 3.51. The number of halogens is 1. The van der Waals surface area contributed by atoms with E-state index in [-0.39, 0.29) is 5.54 Å². The van der Waals surface area contributed by atoms with Crippen LogP contribution in [0, 0.1) is 5.92 Å². The fourth-order valence-corrected chi connectivity index (χ4v) is 4.81. The number of hydrogen-bond acceptors (Lipinski definition) is 4. The third-order valence-electron chi connectivity index (χ3n) is 6.09. The molecule has 2 aliphatic rings. The Morgan fingerprint density at radius 2 is 2.25 bits per heavy atom. The van der Waals surface area contributed by atoms with Gasteiger partial charge in [0.15, 0.2) is 0 Å². The summed E-state index contributed by atoms with van der Waals surface area (Å²) < 4.78 is 5.92. The van der Waals surface area contributed by atoms with Gasteiger partial charge in [0.05, 0.1) is 12.6 Å². The number of ether oxygens (including phenoxy) is 1. The molecule has 2 atom stereocenters. The number of nitrogens with one attached hydrogen (secondary N) is 1. The highest BCUT2D eigenvalue weighted by atomic mass is 35.5. The Morgan fingerprint density at radius 1 is 1.36 bits per heavy atom. The minimum Gasteiger partial charge on any atom is -0.499 e. The van der Waals surface area contributed by atoms with Crippen molar-refractivity contribution in [1.82, 2.24) is 9.88 Å². The first-order valence-corrected chi connectivity index (χ1v) is 10.5. The largest absolute Gasteiger partial charge is 0.499 e. The van der Waals surface area contributed by atoms with Gasteiger partial charge in [-0.25, -0.2) is 0 Å². The van der Waals surface area contributed by atoms with Gasteiger partial charge < -0.3 is 15.0 Å². The molecule has 2 unspecified atom stereocenters. The molecule has 1 aliphatic carbocycles. The second-order valence-corrected chi connectivity index (χ2v) is 8.09. The molecule has 0 saturated carbocycles. The minimum absolute atomic E-state index is 0.352. The summed E-state index contributed by atoms with van der Waals surface area (Å²) in [6, 6.07) is 7.93. The summed E-state index contributed by atoms with van der Waals surface area (Å²) >= 11 is 6.18. The predicted octanol–water partition coefficient (Wildman–Crippen LogP) is 5.26. The number of nitrogens with zero attached hydrogens (tertiary/aromatic N) is 2. The highest BCUT2D eigenvalue weighted by Crippen LogP contribution is 2.41. The average Bonchev–Trinajstić information content (AvgIpc) is 2.74. The Bertz CT molecular complexity index is 910. The molecule has 2 aromatic rings. The highest BCUT2D eigenvalue weighted by molar-refractivity contribution is 6.31. The van der Waals surface area contributed by atoms with Crippen LogP contribution in [-0.4, -0.2) is 42.2 Å². The van der Waals surface area contributed by atoms with Crippen LogP contribution in [0.3, 0.4) is 0 Å². The number of allylic oxidation sites excluding steroid dienone is 2. The van der Waals surface area contributed by atoms with Crippen molar-refractivity contribution >= 4 is 28.2 Å². The van der Waals surface area contributed by atoms with Crippen LogP contribution in [-0.2, 0) is 4.74 Å². The normalized spacial score (nSPS) is 25.5. The van der Waals surface area contributed by atoms with E-state index in [1.54, 1.807) is 7.11 Å². The first kappa shape index (κ1) is 19.3. The van der Waals surface area contributed by atoms with Crippen molar-refractivity contribution < 1.29 is 4.74 Å². The average molecular weight is 398 g/mol. The molecule has 0 radical (unpaired) electrons. The van der Waals surface area contributed by atoms with Gasteiger partial charge >= 0.3 is 0 Å². The number of hydrogen-bond donors (Lipinski definition) is 1. The molecule has 28 heavy (non-hydrogen) atoms. The topological polar surface area (TPSA) is 37.4 Å². The lowest BCUT2D eigenvalue weighted by Crippen LogP contribution is -2.53. The van der Waals surface area contributed by atoms with E-state index in [9.17, 15) is 0 Å². The second kappa shape index (κ2) is 8.14. The number of rotatable bonds is 5. The Kier molecular flexibility index (Phi) is 5.61. The van der Waals surface area contributed by atoms with Crippen LogP contribution in [0.2, 0.25) is 5.02 Å². The van der Waals surface area contributed by atoms with Gasteiger partial charge in [-0.05, 0) is 62.7 Å². The molecule has 0 spiro atoms. The van der Waals surface area contributed by atoms with Crippen LogP contribution in [0.4, 0.5) is 5.69 Å². The predicted molar refractivity (Wildman–Crippen MR) is 117 cm³/mol. The lowest BCUT2D eigenvalue weighted by atomic mass is 9.74. The van der Waals surface area contributed by atoms with E-state index in [2.05, 4.69) is 40.4 Å². The standard InChI is InChI=1S/C23H28ClN3O/c1-3-27-14-6-7-17(16-27)23(12-5-4-8-22(23)28-2)26-20-11-13-25-21-15-18(24)9-10-19(20)21/h5,8-13,15,17H,3-4,6-7,14,16H2,1-2H3,(H,25,26). The third-order valence-corrected chi connectivity index (χ3v) is 6.33. The van der Waals surface area contributed by atoms with Crippen molar-refractivity contribution in [2.75, 3.05) is 32.1 Å². The van der Waals surface area contributed by atoms with E-state index in [0.717, 1.165) is 41.9 Å². The lowest BCUT2D eigenvalue weighted by Gasteiger charge is -2.46. The van der Waals surface area contributed by atoms with E-state index < -0.39 is 0 Å². The van der Waals surface area contributed by atoms with Crippen LogP contribution in [0.5, 0.6) is 0 Å². The molecule has 1 aliphatic heterocycles. The molecule has 1 saturated heterocycles. The van der Waals surface area contributed by atoms with E-state index in [4.69, 9.17) is 16.3 Å². The molecule has 5 heteroatoms. The molecule has 1 N–H and O–H groups in total. The highest BCUT2D eigenvalue weighted by Gasteiger charge is 2.44. The maximum atomic E-state index is 6.18. The summed E-state index contributed by atoms with van der Waals surface area (Å²) in [5.41, 5.74) is 1.60. The number of fused-ring (bicyclic) bond motifs is 1. The van der Waals surface area contributed by atoms with Gasteiger partial charge in [-0.1, -0.05) is 30.7 Å². The van der Waals surface area contributed by atoms with E-state index >= 15 is 0 Å². The zero-order chi connectivity index (χ0) is 19.6. The summed E-state index contributed by atoms with van der Waals surface area (Å²) in [4.78, 5) is 7.04. The number of piperidine rings is 1. The molecule has 2 heterocycles. The molecule has 148 valence electrons. The van der Waals surface area contributed by atoms with Crippen LogP contribution in [0.15, 0.2) is 54.4 Å². The molecule has 0 bridgehead atoms. The SMILES string of the molecule is CCN1CCCC(C2(Nc3ccnc4cc(Cl)ccc34)C=CCC=C2OC)C1. The number of methoxy groups -OCH3 is 1. The number of benzene rings is 1. The summed E-state index contributed by atoms with van der Waals surface area (Å²) in [7, 11) is 1.78. The Hall–Kier alpha value is -2.04. The van der Waals surface area contributed by atoms with Gasteiger partial charge in [0, 0.05) is 34.8 Å². The second-order valence-electron chi connectivity index (χ2n) is 7.66. The molecule has 1 aromatic carbocycles. The van der Waals surface area contributed by atoms with Crippen molar-refractivity contribution in [3.05, 3.63) is 59.5 Å². The van der Waals surface area contributed by atoms with Crippen molar-refractivity contribution in [2.24, 2.45) is 5.92 Å². The monoisotopic (exact) mass is 397 g/mol. The molecular weight excluding hydrogens is 370 g/mol. The molecule has 1 aromatic heterocycles. The Balaban J connectivity index is 1.78. The Labute approximate surface area is 172 Å². The van der Waals surface area contributed by atoms with Gasteiger partial charge in [-0.15, -0.1) is 0 Å². The van der Waals surface area contributed by atoms with Crippen LogP contribution < -0.4 is 5.32 Å². The van der Waals surface area contributed by atoms with Crippen molar-refractivity contribution in [3.8, 4) is 0 Å². The molecule has 4 nitrogen and oxygen atoms in total. The fourth-order valence-electron chi connectivity index (χ4n) is 4.64. The Morgan fingerprint density at radius 3 is 3.07 bits per heavy atom.